The van der Waals surface area contributed by atoms with Crippen molar-refractivity contribution in [1.82, 2.24) is 0 Å². The van der Waals surface area contributed by atoms with E-state index in [4.69, 9.17) is 0 Å². The first kappa shape index (κ1) is 31.6. The van der Waals surface area contributed by atoms with E-state index in [9.17, 15) is 10.2 Å². The summed E-state index contributed by atoms with van der Waals surface area (Å²) in [6.07, 6.45) is 0. The zero-order valence-corrected chi connectivity index (χ0v) is 28.5. The number of benzene rings is 8. The monoisotopic (exact) mass is 668 g/mol. The Labute approximate surface area is 304 Å². The van der Waals surface area contributed by atoms with Crippen molar-refractivity contribution in [3.8, 4) is 44.5 Å². The molecule has 8 aromatic carbocycles. The van der Waals surface area contributed by atoms with Gasteiger partial charge in [-0.2, -0.15) is 0 Å². The molecular weight excluding hydrogens is 633 g/mol. The van der Waals surface area contributed by atoms with Crippen LogP contribution in [0.1, 0.15) is 33.4 Å². The summed E-state index contributed by atoms with van der Waals surface area (Å²) in [4.78, 5) is 0. The summed E-state index contributed by atoms with van der Waals surface area (Å²) >= 11 is 0. The number of hydrogen-bond acceptors (Lipinski definition) is 2. The van der Waals surface area contributed by atoms with Gasteiger partial charge < -0.3 is 10.2 Å². The molecule has 1 aliphatic rings. The lowest BCUT2D eigenvalue weighted by atomic mass is 9.58. The van der Waals surface area contributed by atoms with Crippen LogP contribution in [0.15, 0.2) is 206 Å². The Morgan fingerprint density at radius 3 is 0.635 bits per heavy atom. The molecule has 0 amide bonds. The molecule has 0 unspecified atom stereocenters. The minimum Gasteiger partial charge on any atom is -0.376 e. The lowest BCUT2D eigenvalue weighted by Crippen LogP contribution is -2.46. The summed E-state index contributed by atoms with van der Waals surface area (Å²) in [6.45, 7) is 0. The second-order valence-corrected chi connectivity index (χ2v) is 13.4. The third-order valence-corrected chi connectivity index (χ3v) is 10.6. The molecule has 1 aliphatic carbocycles. The molecule has 0 spiro atoms. The van der Waals surface area contributed by atoms with Crippen LogP contribution < -0.4 is 0 Å². The van der Waals surface area contributed by atoms with Crippen molar-refractivity contribution in [2.75, 3.05) is 0 Å². The molecule has 52 heavy (non-hydrogen) atoms. The highest BCUT2D eigenvalue weighted by molar-refractivity contribution is 5.91. The van der Waals surface area contributed by atoms with E-state index in [0.29, 0.717) is 22.3 Å². The van der Waals surface area contributed by atoms with Crippen LogP contribution in [-0.2, 0) is 11.2 Å². The molecule has 2 nitrogen and oxygen atoms in total. The van der Waals surface area contributed by atoms with Gasteiger partial charge in [-0.15, -0.1) is 0 Å². The van der Waals surface area contributed by atoms with Gasteiger partial charge in [0.25, 0.3) is 0 Å². The number of fused-ring (bicyclic) bond motifs is 2. The minimum atomic E-state index is -1.71. The number of aliphatic hydroxyl groups is 2. The van der Waals surface area contributed by atoms with Crippen molar-refractivity contribution in [1.29, 1.82) is 0 Å². The fourth-order valence-electron chi connectivity index (χ4n) is 8.33. The van der Waals surface area contributed by atoms with E-state index in [0.717, 1.165) is 55.6 Å². The molecule has 0 fully saturated rings. The molecule has 0 saturated heterocycles. The Kier molecular flexibility index (Phi) is 7.78. The summed E-state index contributed by atoms with van der Waals surface area (Å²) < 4.78 is 0. The van der Waals surface area contributed by atoms with E-state index in [2.05, 4.69) is 72.8 Å². The van der Waals surface area contributed by atoms with Crippen molar-refractivity contribution < 1.29 is 10.2 Å². The molecule has 8 aromatic rings. The fourth-order valence-corrected chi connectivity index (χ4v) is 8.33. The van der Waals surface area contributed by atoms with Crippen LogP contribution in [0.3, 0.4) is 0 Å². The Morgan fingerprint density at radius 1 is 0.231 bits per heavy atom. The molecule has 2 N–H and O–H groups in total. The van der Waals surface area contributed by atoms with Crippen LogP contribution in [0.5, 0.6) is 0 Å². The zero-order chi connectivity index (χ0) is 35.1. The smallest absolute Gasteiger partial charge is 0.142 e. The van der Waals surface area contributed by atoms with Gasteiger partial charge in [0.2, 0.25) is 0 Å². The topological polar surface area (TPSA) is 40.5 Å². The van der Waals surface area contributed by atoms with Crippen LogP contribution in [0.4, 0.5) is 0 Å². The molecule has 0 radical (unpaired) electrons. The lowest BCUT2D eigenvalue weighted by molar-refractivity contribution is 0.0766. The molecule has 2 heteroatoms. The third kappa shape index (κ3) is 4.88. The first-order chi connectivity index (χ1) is 25.6. The largest absolute Gasteiger partial charge is 0.376 e. The predicted molar refractivity (Wildman–Crippen MR) is 212 cm³/mol. The molecular formula is C50H36O2. The van der Waals surface area contributed by atoms with E-state index in [1.54, 1.807) is 0 Å². The number of hydrogen-bond donors (Lipinski definition) is 2. The second kappa shape index (κ2) is 12.8. The molecule has 0 saturated carbocycles. The van der Waals surface area contributed by atoms with Crippen LogP contribution in [0, 0.1) is 0 Å². The van der Waals surface area contributed by atoms with Gasteiger partial charge in [-0.1, -0.05) is 206 Å². The van der Waals surface area contributed by atoms with Gasteiger partial charge in [-0.25, -0.2) is 0 Å². The number of rotatable bonds is 6. The maximum atomic E-state index is 14.3. The van der Waals surface area contributed by atoms with Gasteiger partial charge in [0.1, 0.15) is 11.2 Å². The predicted octanol–water partition coefficient (Wildman–Crippen LogP) is 11.2. The Hall–Kier alpha value is -6.32. The minimum absolute atomic E-state index is 0.660. The van der Waals surface area contributed by atoms with Crippen molar-refractivity contribution >= 4 is 0 Å². The lowest BCUT2D eigenvalue weighted by Gasteiger charge is -2.49. The first-order valence-electron chi connectivity index (χ1n) is 17.7. The maximum absolute atomic E-state index is 14.3. The Bertz CT molecular complexity index is 2180. The van der Waals surface area contributed by atoms with Gasteiger partial charge in [-0.05, 0) is 55.6 Å². The highest BCUT2D eigenvalue weighted by atomic mass is 16.3. The molecule has 0 aromatic heterocycles. The Balaban J connectivity index is 1.58. The Morgan fingerprint density at radius 2 is 0.423 bits per heavy atom. The van der Waals surface area contributed by atoms with E-state index in [1.165, 1.54) is 0 Å². The molecule has 248 valence electrons. The van der Waals surface area contributed by atoms with Gasteiger partial charge in [0.05, 0.1) is 0 Å². The average Bonchev–Trinajstić information content (AvgIpc) is 3.23. The van der Waals surface area contributed by atoms with Gasteiger partial charge >= 0.3 is 0 Å². The van der Waals surface area contributed by atoms with Gasteiger partial charge in [0, 0.05) is 22.3 Å². The van der Waals surface area contributed by atoms with Crippen molar-refractivity contribution in [2.24, 2.45) is 0 Å². The van der Waals surface area contributed by atoms with Crippen LogP contribution in [0.25, 0.3) is 44.5 Å². The summed E-state index contributed by atoms with van der Waals surface area (Å²) in [6, 6.07) is 69.3. The van der Waals surface area contributed by atoms with Crippen LogP contribution in [0.2, 0.25) is 0 Å². The molecule has 0 bridgehead atoms. The molecule has 0 aliphatic heterocycles. The summed E-state index contributed by atoms with van der Waals surface area (Å²) in [5, 5.41) is 28.7. The van der Waals surface area contributed by atoms with E-state index >= 15 is 0 Å². The standard InChI is InChI=1S/C50H36O2/c51-49(39-27-15-5-16-28-39)45-41(35-19-7-1-8-20-35)31-32-42(36-21-9-2-10-22-36)46(45)50(52,40-29-17-6-18-30-40)48-44(38-25-13-4-14-26-38)34-33-43(47(48)49)37-23-11-3-12-24-37/h1-34,51-52H. The van der Waals surface area contributed by atoms with Gasteiger partial charge in [-0.3, -0.25) is 0 Å². The SMILES string of the molecule is OC1(c2ccccc2)c2c(-c3ccccc3)ccc(-c3ccccc3)c2C(O)(c2ccccc2)c2c(-c3ccccc3)ccc(-c3ccccc3)c21. The van der Waals surface area contributed by atoms with E-state index in [1.807, 2.05) is 133 Å². The van der Waals surface area contributed by atoms with Crippen molar-refractivity contribution in [3.05, 3.63) is 240 Å². The summed E-state index contributed by atoms with van der Waals surface area (Å²) in [5.74, 6) is 0. The zero-order valence-electron chi connectivity index (χ0n) is 28.5. The highest BCUT2D eigenvalue weighted by Gasteiger charge is 2.55. The first-order valence-corrected chi connectivity index (χ1v) is 17.7. The maximum Gasteiger partial charge on any atom is 0.142 e. The highest BCUT2D eigenvalue weighted by Crippen LogP contribution is 2.61. The summed E-state index contributed by atoms with van der Waals surface area (Å²) in [7, 11) is 0. The average molecular weight is 669 g/mol. The summed E-state index contributed by atoms with van der Waals surface area (Å²) in [5.41, 5.74) is 7.87. The van der Waals surface area contributed by atoms with E-state index < -0.39 is 11.2 Å². The molecule has 0 heterocycles. The molecule has 9 rings (SSSR count). The third-order valence-electron chi connectivity index (χ3n) is 10.6. The van der Waals surface area contributed by atoms with Crippen LogP contribution in [-0.4, -0.2) is 10.2 Å². The van der Waals surface area contributed by atoms with Crippen molar-refractivity contribution in [2.45, 2.75) is 11.2 Å². The quantitative estimate of drug-likeness (QED) is 0.185. The van der Waals surface area contributed by atoms with Crippen molar-refractivity contribution in [3.63, 3.8) is 0 Å². The van der Waals surface area contributed by atoms with E-state index in [-0.39, 0.29) is 0 Å². The molecule has 0 atom stereocenters. The van der Waals surface area contributed by atoms with Gasteiger partial charge in [0.15, 0.2) is 0 Å². The fraction of sp³-hybridized carbons (Fsp3) is 0.0400. The van der Waals surface area contributed by atoms with Crippen LogP contribution >= 0.6 is 0 Å². The normalized spacial score (nSPS) is 17.6. The second-order valence-electron chi connectivity index (χ2n) is 13.4.